The van der Waals surface area contributed by atoms with Crippen molar-refractivity contribution < 1.29 is 18.4 Å². The Morgan fingerprint density at radius 2 is 2.00 bits per heavy atom. The van der Waals surface area contributed by atoms with Crippen molar-refractivity contribution in [2.75, 3.05) is 25.4 Å². The Hall–Kier alpha value is -2.00. The lowest BCUT2D eigenvalue weighted by Crippen LogP contribution is -2.28. The largest absolute Gasteiger partial charge is 0.486 e. The van der Waals surface area contributed by atoms with Gasteiger partial charge in [0.2, 0.25) is 0 Å². The Balaban J connectivity index is 2.67. The van der Waals surface area contributed by atoms with Crippen LogP contribution in [0.15, 0.2) is 29.4 Å². The SMILES string of the molecule is CN(C)S(=O)(=O)Nc1ccc(OC/C(N)=N/O)cc1. The minimum atomic E-state index is -3.52. The Morgan fingerprint density at radius 3 is 2.47 bits per heavy atom. The molecule has 0 spiro atoms. The molecule has 0 radical (unpaired) electrons. The van der Waals surface area contributed by atoms with Crippen LogP contribution in [-0.4, -0.2) is 44.5 Å². The van der Waals surface area contributed by atoms with Crippen molar-refractivity contribution in [3.8, 4) is 5.75 Å². The number of hydrogen-bond acceptors (Lipinski definition) is 5. The van der Waals surface area contributed by atoms with Gasteiger partial charge in [0.25, 0.3) is 0 Å². The van der Waals surface area contributed by atoms with Crippen molar-refractivity contribution in [3.63, 3.8) is 0 Å². The van der Waals surface area contributed by atoms with Crippen molar-refractivity contribution >= 4 is 21.7 Å². The molecule has 0 aliphatic heterocycles. The molecule has 0 fully saturated rings. The number of oxime groups is 1. The number of amidine groups is 1. The molecule has 0 atom stereocenters. The van der Waals surface area contributed by atoms with E-state index in [1.807, 2.05) is 0 Å². The lowest BCUT2D eigenvalue weighted by Gasteiger charge is -2.13. The molecule has 0 unspecified atom stereocenters. The average molecular weight is 288 g/mol. The number of hydrogen-bond donors (Lipinski definition) is 3. The topological polar surface area (TPSA) is 117 Å². The molecule has 0 aromatic heterocycles. The number of rotatable bonds is 6. The number of nitrogens with two attached hydrogens (primary N) is 1. The summed E-state index contributed by atoms with van der Waals surface area (Å²) >= 11 is 0. The molecule has 4 N–H and O–H groups in total. The van der Waals surface area contributed by atoms with E-state index in [0.29, 0.717) is 11.4 Å². The maximum absolute atomic E-state index is 11.6. The molecule has 0 amide bonds. The maximum atomic E-state index is 11.6. The highest BCUT2D eigenvalue weighted by Gasteiger charge is 2.12. The summed E-state index contributed by atoms with van der Waals surface area (Å²) in [7, 11) is -0.669. The summed E-state index contributed by atoms with van der Waals surface area (Å²) in [6.07, 6.45) is 0. The van der Waals surface area contributed by atoms with Crippen LogP contribution in [0.3, 0.4) is 0 Å². The Kier molecular flexibility index (Phi) is 4.95. The van der Waals surface area contributed by atoms with Gasteiger partial charge in [-0.25, -0.2) is 0 Å². The quantitative estimate of drug-likeness (QED) is 0.295. The van der Waals surface area contributed by atoms with Gasteiger partial charge in [-0.05, 0) is 24.3 Å². The van der Waals surface area contributed by atoms with Crippen molar-refractivity contribution in [3.05, 3.63) is 24.3 Å². The highest BCUT2D eigenvalue weighted by molar-refractivity contribution is 7.90. The molecule has 106 valence electrons. The summed E-state index contributed by atoms with van der Waals surface area (Å²) < 4.78 is 31.8. The van der Waals surface area contributed by atoms with Gasteiger partial charge in [0.1, 0.15) is 12.4 Å². The number of anilines is 1. The molecule has 1 aromatic rings. The monoisotopic (exact) mass is 288 g/mol. The predicted molar refractivity (Wildman–Crippen MR) is 71.6 cm³/mol. The van der Waals surface area contributed by atoms with Crippen molar-refractivity contribution in [1.82, 2.24) is 4.31 Å². The summed E-state index contributed by atoms with van der Waals surface area (Å²) in [5.74, 6) is 0.414. The summed E-state index contributed by atoms with van der Waals surface area (Å²) in [4.78, 5) is 0. The zero-order valence-corrected chi connectivity index (χ0v) is 11.4. The van der Waals surface area contributed by atoms with Gasteiger partial charge in [-0.1, -0.05) is 5.16 Å². The molecule has 19 heavy (non-hydrogen) atoms. The van der Waals surface area contributed by atoms with E-state index in [2.05, 4.69) is 9.88 Å². The number of ether oxygens (including phenoxy) is 1. The highest BCUT2D eigenvalue weighted by atomic mass is 32.2. The molecular formula is C10H16N4O4S. The second kappa shape index (κ2) is 6.25. The molecular weight excluding hydrogens is 272 g/mol. The van der Waals surface area contributed by atoms with Crippen LogP contribution in [-0.2, 0) is 10.2 Å². The summed E-state index contributed by atoms with van der Waals surface area (Å²) in [6.45, 7) is -0.0563. The van der Waals surface area contributed by atoms with E-state index in [9.17, 15) is 8.42 Å². The van der Waals surface area contributed by atoms with Gasteiger partial charge in [0, 0.05) is 14.1 Å². The fraction of sp³-hybridized carbons (Fsp3) is 0.300. The van der Waals surface area contributed by atoms with Gasteiger partial charge >= 0.3 is 10.2 Å². The third kappa shape index (κ3) is 4.64. The van der Waals surface area contributed by atoms with Crippen LogP contribution >= 0.6 is 0 Å². The van der Waals surface area contributed by atoms with Gasteiger partial charge in [0.15, 0.2) is 5.84 Å². The first-order valence-corrected chi connectivity index (χ1v) is 6.68. The molecule has 0 aliphatic rings. The summed E-state index contributed by atoms with van der Waals surface area (Å²) in [6, 6.07) is 6.22. The second-order valence-electron chi connectivity index (χ2n) is 3.79. The molecule has 8 nitrogen and oxygen atoms in total. The van der Waals surface area contributed by atoms with E-state index in [0.717, 1.165) is 4.31 Å². The van der Waals surface area contributed by atoms with E-state index < -0.39 is 10.2 Å². The van der Waals surface area contributed by atoms with E-state index in [1.165, 1.54) is 14.1 Å². The van der Waals surface area contributed by atoms with Crippen LogP contribution in [0.4, 0.5) is 5.69 Å². The number of benzene rings is 1. The molecule has 0 saturated carbocycles. The van der Waals surface area contributed by atoms with E-state index in [-0.39, 0.29) is 12.4 Å². The molecule has 1 rings (SSSR count). The van der Waals surface area contributed by atoms with Crippen LogP contribution in [0.5, 0.6) is 5.75 Å². The fourth-order valence-electron chi connectivity index (χ4n) is 1.05. The second-order valence-corrected chi connectivity index (χ2v) is 5.68. The first kappa shape index (κ1) is 15.1. The third-order valence-corrected chi connectivity index (χ3v) is 3.55. The van der Waals surface area contributed by atoms with Gasteiger partial charge in [-0.15, -0.1) is 0 Å². The van der Waals surface area contributed by atoms with E-state index >= 15 is 0 Å². The standard InChI is InChI=1S/C10H16N4O4S/c1-14(2)19(16,17)13-8-3-5-9(6-4-8)18-7-10(11)12-15/h3-6,13,15H,7H2,1-2H3,(H2,11,12). The van der Waals surface area contributed by atoms with E-state index in [1.54, 1.807) is 24.3 Å². The molecule has 0 bridgehead atoms. The van der Waals surface area contributed by atoms with Crippen LogP contribution in [0.2, 0.25) is 0 Å². The Labute approximate surface area is 111 Å². The molecule has 9 heteroatoms. The highest BCUT2D eigenvalue weighted by Crippen LogP contribution is 2.17. The van der Waals surface area contributed by atoms with Crippen molar-refractivity contribution in [2.45, 2.75) is 0 Å². The summed E-state index contributed by atoms with van der Waals surface area (Å²) in [5, 5.41) is 11.1. The zero-order chi connectivity index (χ0) is 14.5. The lowest BCUT2D eigenvalue weighted by atomic mass is 10.3. The van der Waals surface area contributed by atoms with Crippen LogP contribution in [0.1, 0.15) is 0 Å². The molecule has 0 saturated heterocycles. The minimum Gasteiger partial charge on any atom is -0.486 e. The number of nitrogens with one attached hydrogen (secondary N) is 1. The van der Waals surface area contributed by atoms with Crippen LogP contribution in [0.25, 0.3) is 0 Å². The maximum Gasteiger partial charge on any atom is 0.301 e. The lowest BCUT2D eigenvalue weighted by molar-refractivity contribution is 0.306. The van der Waals surface area contributed by atoms with Crippen LogP contribution < -0.4 is 15.2 Å². The summed E-state index contributed by atoms with van der Waals surface area (Å²) in [5.41, 5.74) is 5.65. The molecule has 1 aromatic carbocycles. The fourth-order valence-corrected chi connectivity index (χ4v) is 1.66. The Bertz CT molecular complexity index is 539. The Morgan fingerprint density at radius 1 is 1.42 bits per heavy atom. The zero-order valence-electron chi connectivity index (χ0n) is 10.6. The number of nitrogens with zero attached hydrogens (tertiary/aromatic N) is 2. The average Bonchev–Trinajstić information content (AvgIpc) is 2.37. The smallest absolute Gasteiger partial charge is 0.301 e. The van der Waals surface area contributed by atoms with Gasteiger partial charge in [-0.3, -0.25) is 4.72 Å². The van der Waals surface area contributed by atoms with Gasteiger partial charge in [-0.2, -0.15) is 12.7 Å². The third-order valence-electron chi connectivity index (χ3n) is 2.10. The first-order valence-electron chi connectivity index (χ1n) is 5.24. The minimum absolute atomic E-state index is 0.0563. The molecule has 0 heterocycles. The first-order chi connectivity index (χ1) is 8.85. The van der Waals surface area contributed by atoms with E-state index in [4.69, 9.17) is 15.7 Å². The van der Waals surface area contributed by atoms with Crippen LogP contribution in [0, 0.1) is 0 Å². The van der Waals surface area contributed by atoms with Crippen molar-refractivity contribution in [1.29, 1.82) is 0 Å². The predicted octanol–water partition coefficient (Wildman–Crippen LogP) is 0.0301. The normalized spacial score (nSPS) is 12.5. The van der Waals surface area contributed by atoms with Gasteiger partial charge in [0.05, 0.1) is 5.69 Å². The van der Waals surface area contributed by atoms with Gasteiger partial charge < -0.3 is 15.7 Å². The van der Waals surface area contributed by atoms with Crippen molar-refractivity contribution in [2.24, 2.45) is 10.9 Å². The molecule has 0 aliphatic carbocycles.